The fourth-order valence-electron chi connectivity index (χ4n) is 1.49. The average molecular weight is 204 g/mol. The van der Waals surface area contributed by atoms with Crippen LogP contribution < -0.4 is 5.73 Å². The fraction of sp³-hybridized carbons (Fsp3) is 0.455. The first-order valence-corrected chi connectivity index (χ1v) is 5.06. The number of nitrogens with zero attached hydrogens (tertiary/aromatic N) is 2. The van der Waals surface area contributed by atoms with Crippen molar-refractivity contribution >= 4 is 11.2 Å². The van der Waals surface area contributed by atoms with Gasteiger partial charge in [-0.25, -0.2) is 9.97 Å². The lowest BCUT2D eigenvalue weighted by Crippen LogP contribution is -2.13. The summed E-state index contributed by atoms with van der Waals surface area (Å²) in [6.45, 7) is 6.86. The summed E-state index contributed by atoms with van der Waals surface area (Å²) in [5, 5.41) is 0. The molecule has 0 fully saturated rings. The fourth-order valence-corrected chi connectivity index (χ4v) is 1.49. The number of nitrogens with one attached hydrogen (secondary N) is 1. The molecule has 0 aliphatic rings. The summed E-state index contributed by atoms with van der Waals surface area (Å²) in [7, 11) is 0. The Bertz CT molecular complexity index is 479. The van der Waals surface area contributed by atoms with Crippen LogP contribution in [-0.4, -0.2) is 15.0 Å². The molecular formula is C11H16N4. The smallest absolute Gasteiger partial charge is 0.178 e. The molecule has 2 aromatic rings. The highest BCUT2D eigenvalue weighted by Crippen LogP contribution is 2.22. The maximum absolute atomic E-state index is 5.66. The number of fused-ring (bicyclic) bond motifs is 1. The van der Waals surface area contributed by atoms with Crippen molar-refractivity contribution in [2.24, 2.45) is 5.73 Å². The molecule has 0 aromatic carbocycles. The third-order valence-electron chi connectivity index (χ3n) is 2.41. The van der Waals surface area contributed by atoms with Gasteiger partial charge in [-0.2, -0.15) is 0 Å². The zero-order chi connectivity index (χ0) is 11.1. The molecule has 0 saturated heterocycles. The molecule has 2 heterocycles. The number of nitrogens with two attached hydrogens (primary N) is 1. The minimum atomic E-state index is 0.00652. The van der Waals surface area contributed by atoms with Crippen LogP contribution in [0.4, 0.5) is 0 Å². The Morgan fingerprint density at radius 1 is 1.40 bits per heavy atom. The average Bonchev–Trinajstić information content (AvgIpc) is 2.59. The van der Waals surface area contributed by atoms with Crippen LogP contribution >= 0.6 is 0 Å². The van der Waals surface area contributed by atoms with Crippen LogP contribution in [-0.2, 0) is 12.0 Å². The van der Waals surface area contributed by atoms with E-state index >= 15 is 0 Å². The maximum atomic E-state index is 5.66. The van der Waals surface area contributed by atoms with Crippen molar-refractivity contribution in [1.29, 1.82) is 0 Å². The Kier molecular flexibility index (Phi) is 2.23. The Hall–Kier alpha value is -1.42. The molecule has 0 radical (unpaired) electrons. The number of hydrogen-bond acceptors (Lipinski definition) is 3. The van der Waals surface area contributed by atoms with Crippen molar-refractivity contribution < 1.29 is 0 Å². The van der Waals surface area contributed by atoms with Crippen molar-refractivity contribution in [3.05, 3.63) is 23.7 Å². The van der Waals surface area contributed by atoms with Crippen molar-refractivity contribution in [2.45, 2.75) is 32.7 Å². The molecule has 0 aliphatic carbocycles. The molecule has 0 bridgehead atoms. The number of rotatable bonds is 1. The second-order valence-corrected chi connectivity index (χ2v) is 4.71. The molecule has 4 nitrogen and oxygen atoms in total. The van der Waals surface area contributed by atoms with Gasteiger partial charge < -0.3 is 10.7 Å². The third kappa shape index (κ3) is 1.72. The molecule has 3 N–H and O–H groups in total. The van der Waals surface area contributed by atoms with Crippen molar-refractivity contribution in [2.75, 3.05) is 0 Å². The van der Waals surface area contributed by atoms with E-state index in [9.17, 15) is 0 Å². The van der Waals surface area contributed by atoms with Crippen LogP contribution in [0, 0.1) is 0 Å². The van der Waals surface area contributed by atoms with Gasteiger partial charge in [-0.05, 0) is 11.6 Å². The number of pyridine rings is 1. The number of imidazole rings is 1. The lowest BCUT2D eigenvalue weighted by molar-refractivity contribution is 0.554. The molecule has 0 spiro atoms. The van der Waals surface area contributed by atoms with Crippen LogP contribution in [0.3, 0.4) is 0 Å². The van der Waals surface area contributed by atoms with Crippen LogP contribution in [0.5, 0.6) is 0 Å². The number of aromatic amines is 1. The Balaban J connectivity index is 2.65. The topological polar surface area (TPSA) is 67.6 Å². The van der Waals surface area contributed by atoms with Crippen LogP contribution in [0.15, 0.2) is 12.3 Å². The lowest BCUT2D eigenvalue weighted by atomic mass is 9.96. The minimum Gasteiger partial charge on any atom is -0.340 e. The number of hydrogen-bond donors (Lipinski definition) is 2. The molecule has 2 aromatic heterocycles. The highest BCUT2D eigenvalue weighted by Gasteiger charge is 2.19. The molecule has 0 aliphatic heterocycles. The zero-order valence-corrected chi connectivity index (χ0v) is 9.33. The summed E-state index contributed by atoms with van der Waals surface area (Å²) >= 11 is 0. The molecule has 4 heteroatoms. The highest BCUT2D eigenvalue weighted by atomic mass is 15.0. The maximum Gasteiger partial charge on any atom is 0.178 e. The zero-order valence-electron chi connectivity index (χ0n) is 9.33. The van der Waals surface area contributed by atoms with Gasteiger partial charge in [0.15, 0.2) is 5.65 Å². The summed E-state index contributed by atoms with van der Waals surface area (Å²) in [6, 6.07) is 1.92. The first-order chi connectivity index (χ1) is 7.02. The van der Waals surface area contributed by atoms with Crippen LogP contribution in [0.25, 0.3) is 11.2 Å². The molecule has 0 saturated carbocycles. The van der Waals surface area contributed by atoms with Gasteiger partial charge in [-0.1, -0.05) is 20.8 Å². The van der Waals surface area contributed by atoms with E-state index in [1.807, 2.05) is 6.07 Å². The predicted molar refractivity (Wildman–Crippen MR) is 60.5 cm³/mol. The van der Waals surface area contributed by atoms with E-state index in [0.29, 0.717) is 6.54 Å². The first-order valence-electron chi connectivity index (χ1n) is 5.06. The Morgan fingerprint density at radius 3 is 2.73 bits per heavy atom. The van der Waals surface area contributed by atoms with E-state index in [2.05, 4.69) is 35.7 Å². The van der Waals surface area contributed by atoms with E-state index < -0.39 is 0 Å². The van der Waals surface area contributed by atoms with Gasteiger partial charge in [-0.3, -0.25) is 0 Å². The molecular weight excluding hydrogens is 188 g/mol. The number of H-pyrrole nitrogens is 1. The number of aromatic nitrogens is 3. The van der Waals surface area contributed by atoms with Gasteiger partial charge in [-0.15, -0.1) is 0 Å². The summed E-state index contributed by atoms with van der Waals surface area (Å²) in [6.07, 6.45) is 1.75. The second kappa shape index (κ2) is 3.31. The standard InChI is InChI=1S/C11H16N4/c1-11(2,3)10-14-8-7(6-12)4-5-13-9(8)15-10/h4-5H,6,12H2,1-3H3,(H,13,14,15). The monoisotopic (exact) mass is 204 g/mol. The van der Waals surface area contributed by atoms with Gasteiger partial charge in [0, 0.05) is 18.2 Å². The summed E-state index contributed by atoms with van der Waals surface area (Å²) < 4.78 is 0. The summed E-state index contributed by atoms with van der Waals surface area (Å²) in [4.78, 5) is 12.0. The molecule has 80 valence electrons. The SMILES string of the molecule is CC(C)(C)c1nc2nccc(CN)c2[nH]1. The molecule has 0 atom stereocenters. The van der Waals surface area contributed by atoms with Crippen molar-refractivity contribution in [1.82, 2.24) is 15.0 Å². The van der Waals surface area contributed by atoms with Gasteiger partial charge >= 0.3 is 0 Å². The highest BCUT2D eigenvalue weighted by molar-refractivity contribution is 5.74. The first kappa shape index (κ1) is 10.1. The van der Waals surface area contributed by atoms with Gasteiger partial charge in [0.05, 0.1) is 5.52 Å². The van der Waals surface area contributed by atoms with Gasteiger partial charge in [0.25, 0.3) is 0 Å². The van der Waals surface area contributed by atoms with Crippen molar-refractivity contribution in [3.8, 4) is 0 Å². The van der Waals surface area contributed by atoms with Crippen LogP contribution in [0.2, 0.25) is 0 Å². The predicted octanol–water partition coefficient (Wildman–Crippen LogP) is 1.71. The summed E-state index contributed by atoms with van der Waals surface area (Å²) in [5.41, 5.74) is 8.44. The van der Waals surface area contributed by atoms with E-state index in [4.69, 9.17) is 5.73 Å². The van der Waals surface area contributed by atoms with Gasteiger partial charge in [0.2, 0.25) is 0 Å². The third-order valence-corrected chi connectivity index (χ3v) is 2.41. The van der Waals surface area contributed by atoms with Crippen molar-refractivity contribution in [3.63, 3.8) is 0 Å². The van der Waals surface area contributed by atoms with E-state index in [-0.39, 0.29) is 5.41 Å². The van der Waals surface area contributed by atoms with Gasteiger partial charge in [0.1, 0.15) is 5.82 Å². The molecule has 15 heavy (non-hydrogen) atoms. The largest absolute Gasteiger partial charge is 0.340 e. The van der Waals surface area contributed by atoms with E-state index in [1.165, 1.54) is 0 Å². The lowest BCUT2D eigenvalue weighted by Gasteiger charge is -2.13. The normalized spacial score (nSPS) is 12.3. The Labute approximate surface area is 88.9 Å². The molecule has 0 unspecified atom stereocenters. The molecule has 2 rings (SSSR count). The second-order valence-electron chi connectivity index (χ2n) is 4.71. The Morgan fingerprint density at radius 2 is 2.13 bits per heavy atom. The van der Waals surface area contributed by atoms with E-state index in [1.54, 1.807) is 6.20 Å². The van der Waals surface area contributed by atoms with E-state index in [0.717, 1.165) is 22.6 Å². The minimum absolute atomic E-state index is 0.00652. The summed E-state index contributed by atoms with van der Waals surface area (Å²) in [5.74, 6) is 0.950. The van der Waals surface area contributed by atoms with Crippen LogP contribution in [0.1, 0.15) is 32.2 Å². The quantitative estimate of drug-likeness (QED) is 0.743. The molecule has 0 amide bonds.